The number of fused-ring (bicyclic) bond motifs is 1. The minimum absolute atomic E-state index is 0.238. The molecule has 0 spiro atoms. The fourth-order valence-corrected chi connectivity index (χ4v) is 3.59. The third-order valence-electron chi connectivity index (χ3n) is 5.27. The van der Waals surface area contributed by atoms with Gasteiger partial charge in [-0.3, -0.25) is 0 Å². The van der Waals surface area contributed by atoms with Crippen molar-refractivity contribution in [2.75, 3.05) is 18.6 Å². The Morgan fingerprint density at radius 1 is 0.941 bits per heavy atom. The van der Waals surface area contributed by atoms with E-state index in [-0.39, 0.29) is 11.2 Å². The molecule has 0 radical (unpaired) electrons. The fraction of sp³-hybridized carbons (Fsp3) is 0.286. The molecule has 0 aliphatic carbocycles. The van der Waals surface area contributed by atoms with Gasteiger partial charge in [0, 0.05) is 34.2 Å². The summed E-state index contributed by atoms with van der Waals surface area (Å²) in [4.78, 5) is 4.28. The average Bonchev–Trinajstić information content (AvgIpc) is 3.20. The van der Waals surface area contributed by atoms with Crippen LogP contribution in [-0.2, 0) is 12.0 Å². The summed E-state index contributed by atoms with van der Waals surface area (Å²) in [6.45, 7) is 9.32. The highest BCUT2D eigenvalue weighted by atomic mass is 32.1. The van der Waals surface area contributed by atoms with Gasteiger partial charge in [0.1, 0.15) is 5.82 Å². The number of thiol groups is 2. The van der Waals surface area contributed by atoms with Crippen LogP contribution < -0.4 is 10.6 Å². The zero-order valence-corrected chi connectivity index (χ0v) is 22.6. The van der Waals surface area contributed by atoms with Crippen LogP contribution in [0.3, 0.4) is 0 Å². The molecule has 0 saturated heterocycles. The van der Waals surface area contributed by atoms with Gasteiger partial charge in [0.2, 0.25) is 0 Å². The molecule has 1 aromatic heterocycles. The highest BCUT2D eigenvalue weighted by Gasteiger charge is 2.12. The van der Waals surface area contributed by atoms with Crippen molar-refractivity contribution >= 4 is 47.5 Å². The quantitative estimate of drug-likeness (QED) is 0.186. The van der Waals surface area contributed by atoms with Crippen LogP contribution in [0.4, 0.5) is 15.8 Å². The van der Waals surface area contributed by atoms with Crippen molar-refractivity contribution in [3.63, 3.8) is 0 Å². The molecule has 0 fully saturated rings. The lowest BCUT2D eigenvalue weighted by Gasteiger charge is -2.18. The lowest BCUT2D eigenvalue weighted by molar-refractivity contribution is 0.590. The number of H-pyrrole nitrogens is 1. The number of aromatic amines is 1. The normalized spacial score (nSPS) is 10.7. The van der Waals surface area contributed by atoms with Crippen molar-refractivity contribution in [3.05, 3.63) is 89.4 Å². The summed E-state index contributed by atoms with van der Waals surface area (Å²) in [7, 11) is 1.93. The number of halogens is 1. The maximum absolute atomic E-state index is 13.9. The first-order chi connectivity index (χ1) is 16.2. The standard InChI is InChI=1S/C17H18FN3.C10H14S.CH4S/c1-11-3-6-16(15(18)7-11)21-13-4-5-14-12(9-19-2)10-20-17(14)8-13;1-10(2,3)8-4-6-9(11)7-5-8;1-2/h3-8,10,19-21H,9H2,1-2H3;4-7,11H,1-3H3;2H,1H3. The van der Waals surface area contributed by atoms with E-state index in [2.05, 4.69) is 73.8 Å². The van der Waals surface area contributed by atoms with Gasteiger partial charge in [0.25, 0.3) is 0 Å². The summed E-state index contributed by atoms with van der Waals surface area (Å²) < 4.78 is 13.9. The maximum Gasteiger partial charge on any atom is 0.146 e. The molecular formula is C28H36FN3S2. The topological polar surface area (TPSA) is 39.9 Å². The van der Waals surface area contributed by atoms with Crippen molar-refractivity contribution in [2.24, 2.45) is 0 Å². The molecule has 1 heterocycles. The smallest absolute Gasteiger partial charge is 0.146 e. The van der Waals surface area contributed by atoms with Gasteiger partial charge in [0.05, 0.1) is 5.69 Å². The Balaban J connectivity index is 0.000000266. The third-order valence-corrected chi connectivity index (χ3v) is 5.57. The van der Waals surface area contributed by atoms with E-state index in [1.54, 1.807) is 12.3 Å². The summed E-state index contributed by atoms with van der Waals surface area (Å²) >= 11 is 7.76. The Kier molecular flexibility index (Phi) is 10.5. The number of rotatable bonds is 4. The van der Waals surface area contributed by atoms with Crippen molar-refractivity contribution in [2.45, 2.75) is 44.6 Å². The molecule has 0 aliphatic rings. The number of anilines is 2. The maximum atomic E-state index is 13.9. The Bertz CT molecular complexity index is 1180. The van der Waals surface area contributed by atoms with Crippen molar-refractivity contribution in [1.29, 1.82) is 0 Å². The highest BCUT2D eigenvalue weighted by molar-refractivity contribution is 7.80. The molecule has 6 heteroatoms. The Labute approximate surface area is 214 Å². The lowest BCUT2D eigenvalue weighted by atomic mass is 9.87. The van der Waals surface area contributed by atoms with Crippen LogP contribution in [0.25, 0.3) is 10.9 Å². The minimum atomic E-state index is -0.238. The zero-order chi connectivity index (χ0) is 25.3. The molecule has 0 saturated carbocycles. The number of aromatic nitrogens is 1. The molecule has 0 unspecified atom stereocenters. The summed E-state index contributed by atoms with van der Waals surface area (Å²) in [5.74, 6) is -0.238. The van der Waals surface area contributed by atoms with Gasteiger partial charge in [-0.05, 0) is 78.7 Å². The van der Waals surface area contributed by atoms with Crippen LogP contribution in [0.1, 0.15) is 37.5 Å². The predicted octanol–water partition coefficient (Wildman–Crippen LogP) is 7.90. The lowest BCUT2D eigenvalue weighted by Crippen LogP contribution is -2.10. The van der Waals surface area contributed by atoms with E-state index < -0.39 is 0 Å². The molecule has 4 aromatic rings. The van der Waals surface area contributed by atoms with E-state index in [4.69, 9.17) is 0 Å². The van der Waals surface area contributed by atoms with E-state index in [0.717, 1.165) is 28.2 Å². The Morgan fingerprint density at radius 3 is 2.21 bits per heavy atom. The molecule has 0 amide bonds. The second kappa shape index (κ2) is 12.9. The van der Waals surface area contributed by atoms with Crippen LogP contribution in [0.15, 0.2) is 71.8 Å². The first-order valence-corrected chi connectivity index (χ1v) is 12.5. The van der Waals surface area contributed by atoms with E-state index in [0.29, 0.717) is 5.69 Å². The van der Waals surface area contributed by atoms with Crippen LogP contribution >= 0.6 is 25.3 Å². The van der Waals surface area contributed by atoms with E-state index in [1.807, 2.05) is 56.6 Å². The number of hydrogen-bond donors (Lipinski definition) is 5. The molecule has 182 valence electrons. The monoisotopic (exact) mass is 497 g/mol. The summed E-state index contributed by atoms with van der Waals surface area (Å²) in [5.41, 5.74) is 6.13. The van der Waals surface area contributed by atoms with Gasteiger partial charge < -0.3 is 15.6 Å². The molecule has 3 nitrogen and oxygen atoms in total. The molecule has 0 bridgehead atoms. The van der Waals surface area contributed by atoms with Gasteiger partial charge in [-0.1, -0.05) is 45.0 Å². The highest BCUT2D eigenvalue weighted by Crippen LogP contribution is 2.26. The van der Waals surface area contributed by atoms with E-state index >= 15 is 0 Å². The largest absolute Gasteiger partial charge is 0.361 e. The van der Waals surface area contributed by atoms with Crippen LogP contribution in [0.2, 0.25) is 0 Å². The van der Waals surface area contributed by atoms with E-state index in [1.165, 1.54) is 22.6 Å². The van der Waals surface area contributed by atoms with Crippen LogP contribution in [0, 0.1) is 12.7 Å². The van der Waals surface area contributed by atoms with Gasteiger partial charge in [-0.2, -0.15) is 12.6 Å². The number of hydrogen-bond acceptors (Lipinski definition) is 4. The summed E-state index contributed by atoms with van der Waals surface area (Å²) in [6, 6.07) is 19.5. The number of nitrogens with one attached hydrogen (secondary N) is 3. The average molecular weight is 498 g/mol. The van der Waals surface area contributed by atoms with Crippen molar-refractivity contribution < 1.29 is 4.39 Å². The molecule has 3 N–H and O–H groups in total. The SMILES string of the molecule is CC(C)(C)c1ccc(S)cc1.CNCc1c[nH]c2cc(Nc3ccc(C)cc3F)ccc12.CS. The molecule has 3 aromatic carbocycles. The summed E-state index contributed by atoms with van der Waals surface area (Å²) in [6.07, 6.45) is 3.69. The molecule has 34 heavy (non-hydrogen) atoms. The first-order valence-electron chi connectivity index (χ1n) is 11.2. The minimum Gasteiger partial charge on any atom is -0.361 e. The molecule has 0 aliphatic heterocycles. The number of benzene rings is 3. The first kappa shape index (κ1) is 27.8. The Hall–Kier alpha value is -2.41. The molecule has 0 atom stereocenters. The van der Waals surface area contributed by atoms with Crippen LogP contribution in [-0.4, -0.2) is 18.3 Å². The summed E-state index contributed by atoms with van der Waals surface area (Å²) in [5, 5.41) is 7.45. The van der Waals surface area contributed by atoms with Gasteiger partial charge in [-0.15, -0.1) is 12.6 Å². The van der Waals surface area contributed by atoms with Crippen molar-refractivity contribution in [3.8, 4) is 0 Å². The fourth-order valence-electron chi connectivity index (χ4n) is 3.44. The molecule has 4 rings (SSSR count). The Morgan fingerprint density at radius 2 is 1.62 bits per heavy atom. The van der Waals surface area contributed by atoms with Gasteiger partial charge in [0.15, 0.2) is 0 Å². The predicted molar refractivity (Wildman–Crippen MR) is 153 cm³/mol. The van der Waals surface area contributed by atoms with Gasteiger partial charge >= 0.3 is 0 Å². The van der Waals surface area contributed by atoms with Crippen molar-refractivity contribution in [1.82, 2.24) is 10.3 Å². The van der Waals surface area contributed by atoms with Crippen LogP contribution in [0.5, 0.6) is 0 Å². The zero-order valence-electron chi connectivity index (χ0n) is 20.8. The second-order valence-corrected chi connectivity index (χ2v) is 9.53. The number of aryl methyl sites for hydroxylation is 1. The third kappa shape index (κ3) is 7.83. The molecular weight excluding hydrogens is 461 g/mol. The second-order valence-electron chi connectivity index (χ2n) is 9.01. The van der Waals surface area contributed by atoms with Gasteiger partial charge in [-0.25, -0.2) is 4.39 Å². The van der Waals surface area contributed by atoms with E-state index in [9.17, 15) is 4.39 Å².